The number of alkyl carbamates (subject to hydrolysis) is 1. The molecule has 0 aliphatic heterocycles. The third-order valence-electron chi connectivity index (χ3n) is 4.70. The van der Waals surface area contributed by atoms with Crippen LogP contribution < -0.4 is 15.8 Å². The fourth-order valence-corrected chi connectivity index (χ4v) is 3.07. The van der Waals surface area contributed by atoms with Crippen LogP contribution in [0.25, 0.3) is 5.69 Å². The van der Waals surface area contributed by atoms with Gasteiger partial charge >= 0.3 is 6.09 Å². The van der Waals surface area contributed by atoms with Gasteiger partial charge in [0.25, 0.3) is 0 Å². The molecular weight excluding hydrogens is 420 g/mol. The van der Waals surface area contributed by atoms with E-state index < -0.39 is 17.7 Å². The van der Waals surface area contributed by atoms with E-state index in [1.807, 2.05) is 88.4 Å². The van der Waals surface area contributed by atoms with Crippen LogP contribution in [0.15, 0.2) is 60.7 Å². The van der Waals surface area contributed by atoms with E-state index in [-0.39, 0.29) is 13.2 Å². The lowest BCUT2D eigenvalue weighted by Gasteiger charge is -2.23. The van der Waals surface area contributed by atoms with Gasteiger partial charge in [0, 0.05) is 0 Å². The van der Waals surface area contributed by atoms with Crippen molar-refractivity contribution >= 4 is 11.9 Å². The maximum atomic E-state index is 12.3. The number of nitrogens with one attached hydrogen (secondary N) is 1. The monoisotopic (exact) mass is 452 g/mol. The molecule has 0 spiro atoms. The Labute approximate surface area is 194 Å². The van der Waals surface area contributed by atoms with E-state index in [0.29, 0.717) is 18.3 Å². The van der Waals surface area contributed by atoms with Crippen LogP contribution in [0.3, 0.4) is 0 Å². The summed E-state index contributed by atoms with van der Waals surface area (Å²) >= 11 is 0. The van der Waals surface area contributed by atoms with Crippen molar-refractivity contribution < 1.29 is 19.0 Å². The first-order chi connectivity index (χ1) is 15.7. The van der Waals surface area contributed by atoms with Gasteiger partial charge in [0.2, 0.25) is 5.88 Å². The summed E-state index contributed by atoms with van der Waals surface area (Å²) in [6.45, 7) is 8.08. The lowest BCUT2D eigenvalue weighted by Crippen LogP contribution is -2.44. The molecule has 0 unspecified atom stereocenters. The number of anilines is 1. The molecule has 33 heavy (non-hydrogen) atoms. The van der Waals surface area contributed by atoms with Gasteiger partial charge in [-0.05, 0) is 45.4 Å². The fourth-order valence-electron chi connectivity index (χ4n) is 3.07. The molecule has 0 bridgehead atoms. The average molecular weight is 453 g/mol. The van der Waals surface area contributed by atoms with Gasteiger partial charge in [-0.15, -0.1) is 5.10 Å². The molecule has 3 aromatic rings. The van der Waals surface area contributed by atoms with Crippen molar-refractivity contribution in [1.29, 1.82) is 0 Å². The van der Waals surface area contributed by atoms with Crippen LogP contribution in [0, 0.1) is 6.92 Å². The molecule has 1 aromatic heterocycles. The number of carbonyl (C=O) groups is 1. The highest BCUT2D eigenvalue weighted by atomic mass is 16.6. The van der Waals surface area contributed by atoms with Crippen molar-refractivity contribution in [2.75, 3.05) is 18.9 Å². The smallest absolute Gasteiger partial charge is 0.408 e. The molecule has 1 atom stereocenters. The van der Waals surface area contributed by atoms with Gasteiger partial charge in [-0.3, -0.25) is 0 Å². The lowest BCUT2D eigenvalue weighted by atomic mass is 10.2. The molecule has 3 rings (SSSR count). The van der Waals surface area contributed by atoms with Crippen LogP contribution in [0.2, 0.25) is 0 Å². The Morgan fingerprint density at radius 2 is 1.70 bits per heavy atom. The number of hydrogen-bond donors (Lipinski definition) is 2. The predicted octanol–water partition coefficient (Wildman–Crippen LogP) is 4.25. The molecule has 8 heteroatoms. The highest BCUT2D eigenvalue weighted by Crippen LogP contribution is 2.25. The van der Waals surface area contributed by atoms with Crippen molar-refractivity contribution in [1.82, 2.24) is 15.1 Å². The van der Waals surface area contributed by atoms with E-state index in [4.69, 9.17) is 19.9 Å². The number of aromatic nitrogens is 2. The van der Waals surface area contributed by atoms with Gasteiger partial charge in [-0.1, -0.05) is 48.5 Å². The number of amides is 1. The van der Waals surface area contributed by atoms with Crippen LogP contribution >= 0.6 is 0 Å². The summed E-state index contributed by atoms with van der Waals surface area (Å²) in [7, 11) is 0. The fraction of sp³-hybridized carbons (Fsp3) is 0.360. The standard InChI is InChI=1S/C25H32N4O4/c1-18-22(26)29(21-13-9-6-10-14-21)28-23(18)32-17-20(27-24(30)33-25(2,3)4)16-31-15-19-11-7-5-8-12-19/h5-14,20H,15-17,26H2,1-4H3,(H,27,30)/t20-/m1/s1. The lowest BCUT2D eigenvalue weighted by molar-refractivity contribution is 0.0379. The van der Waals surface area contributed by atoms with E-state index >= 15 is 0 Å². The molecule has 176 valence electrons. The maximum Gasteiger partial charge on any atom is 0.408 e. The zero-order valence-corrected chi connectivity index (χ0v) is 19.6. The van der Waals surface area contributed by atoms with Crippen LogP contribution in [0.4, 0.5) is 10.6 Å². The third kappa shape index (κ3) is 7.25. The Morgan fingerprint density at radius 1 is 1.06 bits per heavy atom. The van der Waals surface area contributed by atoms with Crippen molar-refractivity contribution in [3.05, 3.63) is 71.8 Å². The Hall–Kier alpha value is -3.52. The summed E-state index contributed by atoms with van der Waals surface area (Å²) in [5.74, 6) is 0.892. The van der Waals surface area contributed by atoms with Gasteiger partial charge in [0.05, 0.1) is 30.5 Å². The molecule has 0 radical (unpaired) electrons. The van der Waals surface area contributed by atoms with Gasteiger partial charge in [-0.2, -0.15) is 0 Å². The number of rotatable bonds is 9. The first-order valence-corrected chi connectivity index (χ1v) is 10.9. The number of nitrogen functional groups attached to an aromatic ring is 1. The molecule has 8 nitrogen and oxygen atoms in total. The first kappa shape index (κ1) is 24.1. The van der Waals surface area contributed by atoms with Crippen LogP contribution in [0.5, 0.6) is 5.88 Å². The Morgan fingerprint density at radius 3 is 2.33 bits per heavy atom. The molecule has 0 aliphatic carbocycles. The molecule has 1 heterocycles. The van der Waals surface area contributed by atoms with Crippen molar-refractivity contribution in [3.63, 3.8) is 0 Å². The normalized spacial score (nSPS) is 12.2. The molecule has 3 N–H and O–H groups in total. The summed E-state index contributed by atoms with van der Waals surface area (Å²) in [5, 5.41) is 7.33. The van der Waals surface area contributed by atoms with Crippen molar-refractivity contribution in [2.24, 2.45) is 0 Å². The number of benzene rings is 2. The Kier molecular flexibility index (Phi) is 7.95. The SMILES string of the molecule is Cc1c(OC[C@@H](COCc2ccccc2)NC(=O)OC(C)(C)C)nn(-c2ccccc2)c1N. The number of nitrogens with zero attached hydrogens (tertiary/aromatic N) is 2. The molecule has 0 aliphatic rings. The topological polar surface area (TPSA) is 101 Å². The molecule has 2 aromatic carbocycles. The molecule has 0 saturated carbocycles. The number of carbonyl (C=O) groups excluding carboxylic acids is 1. The van der Waals surface area contributed by atoms with E-state index in [0.717, 1.165) is 16.8 Å². The van der Waals surface area contributed by atoms with Crippen LogP contribution in [-0.4, -0.2) is 40.7 Å². The molecule has 1 amide bonds. The average Bonchev–Trinajstić information content (AvgIpc) is 3.06. The van der Waals surface area contributed by atoms with E-state index in [1.165, 1.54) is 0 Å². The number of para-hydroxylation sites is 1. The minimum atomic E-state index is -0.611. The Bertz CT molecular complexity index is 1030. The number of ether oxygens (including phenoxy) is 3. The second kappa shape index (κ2) is 10.9. The van der Waals surface area contributed by atoms with Crippen molar-refractivity contribution in [3.8, 4) is 11.6 Å². The summed E-state index contributed by atoms with van der Waals surface area (Å²) in [4.78, 5) is 12.3. The minimum absolute atomic E-state index is 0.139. The summed E-state index contributed by atoms with van der Waals surface area (Å²) in [6, 6.07) is 18.9. The summed E-state index contributed by atoms with van der Waals surface area (Å²) in [5.41, 5.74) is 8.23. The van der Waals surface area contributed by atoms with Gasteiger partial charge in [-0.25, -0.2) is 9.48 Å². The maximum absolute atomic E-state index is 12.3. The summed E-state index contributed by atoms with van der Waals surface area (Å²) in [6.07, 6.45) is -0.537. The second-order valence-corrected chi connectivity index (χ2v) is 8.72. The first-order valence-electron chi connectivity index (χ1n) is 10.9. The zero-order valence-electron chi connectivity index (χ0n) is 19.6. The molecule has 0 fully saturated rings. The van der Waals surface area contributed by atoms with E-state index in [9.17, 15) is 4.79 Å². The largest absolute Gasteiger partial charge is 0.474 e. The van der Waals surface area contributed by atoms with Gasteiger partial charge in [0.1, 0.15) is 18.0 Å². The quantitative estimate of drug-likeness (QED) is 0.503. The van der Waals surface area contributed by atoms with Crippen molar-refractivity contribution in [2.45, 2.75) is 45.9 Å². The highest BCUT2D eigenvalue weighted by Gasteiger charge is 2.22. The second-order valence-electron chi connectivity index (χ2n) is 8.72. The number of hydrogen-bond acceptors (Lipinski definition) is 6. The zero-order chi connectivity index (χ0) is 23.8. The summed E-state index contributed by atoms with van der Waals surface area (Å²) < 4.78 is 18.8. The molecule has 0 saturated heterocycles. The van der Waals surface area contributed by atoms with Crippen LogP contribution in [0.1, 0.15) is 31.9 Å². The Balaban J connectivity index is 1.66. The number of nitrogens with two attached hydrogens (primary N) is 1. The minimum Gasteiger partial charge on any atom is -0.474 e. The predicted molar refractivity (Wildman–Crippen MR) is 127 cm³/mol. The van der Waals surface area contributed by atoms with Crippen LogP contribution in [-0.2, 0) is 16.1 Å². The van der Waals surface area contributed by atoms with Gasteiger partial charge in [0.15, 0.2) is 0 Å². The van der Waals surface area contributed by atoms with E-state index in [1.54, 1.807) is 4.68 Å². The van der Waals surface area contributed by atoms with Gasteiger partial charge < -0.3 is 25.3 Å². The third-order valence-corrected chi connectivity index (χ3v) is 4.70. The molecular formula is C25H32N4O4. The highest BCUT2D eigenvalue weighted by molar-refractivity contribution is 5.68. The van der Waals surface area contributed by atoms with E-state index in [2.05, 4.69) is 10.4 Å².